The maximum Gasteiger partial charge on any atom is 0.411 e. The maximum absolute atomic E-state index is 13.5. The van der Waals surface area contributed by atoms with E-state index < -0.39 is 41.3 Å². The molecule has 1 atom stereocenters. The number of nitrogens with zero attached hydrogens (tertiary/aromatic N) is 4. The zero-order valence-electron chi connectivity index (χ0n) is 24.9. The van der Waals surface area contributed by atoms with Crippen LogP contribution in [0.15, 0.2) is 69.9 Å². The molecule has 224 valence electrons. The number of benzene rings is 2. The summed E-state index contributed by atoms with van der Waals surface area (Å²) in [7, 11) is 1.17. The zero-order valence-corrected chi connectivity index (χ0v) is 24.9. The van der Waals surface area contributed by atoms with Gasteiger partial charge in [0.1, 0.15) is 18.1 Å². The largest absolute Gasteiger partial charge is 0.453 e. The van der Waals surface area contributed by atoms with E-state index >= 15 is 0 Å². The number of aryl methyl sites for hydroxylation is 1. The van der Waals surface area contributed by atoms with Gasteiger partial charge in [-0.3, -0.25) is 24.3 Å². The highest BCUT2D eigenvalue weighted by atomic mass is 16.5. The first-order valence-electron chi connectivity index (χ1n) is 13.7. The number of carbonyl (C=O) groups excluding carboxylic acids is 3. The van der Waals surface area contributed by atoms with Crippen molar-refractivity contribution in [3.8, 4) is 11.4 Å². The number of Topliss-reactive ketones (excluding diaryl/α,β-unsaturated/α-hetero) is 1. The fourth-order valence-electron chi connectivity index (χ4n) is 4.50. The van der Waals surface area contributed by atoms with Crippen LogP contribution < -0.4 is 16.2 Å². The van der Waals surface area contributed by atoms with Gasteiger partial charge in [-0.1, -0.05) is 74.5 Å². The van der Waals surface area contributed by atoms with Crippen LogP contribution in [-0.4, -0.2) is 50.7 Å². The lowest BCUT2D eigenvalue weighted by molar-refractivity contribution is -0.122. The molecule has 4 aromatic rings. The highest BCUT2D eigenvalue weighted by Gasteiger charge is 2.34. The number of ketones is 1. The van der Waals surface area contributed by atoms with E-state index in [-0.39, 0.29) is 34.9 Å². The van der Waals surface area contributed by atoms with Gasteiger partial charge in [0, 0.05) is 5.56 Å². The normalized spacial score (nSPS) is 12.1. The molecule has 12 nitrogen and oxygen atoms in total. The first kappa shape index (κ1) is 30.8. The van der Waals surface area contributed by atoms with Gasteiger partial charge < -0.3 is 14.5 Å². The Morgan fingerprint density at radius 2 is 1.63 bits per heavy atom. The molecule has 2 amide bonds. The summed E-state index contributed by atoms with van der Waals surface area (Å²) >= 11 is 0. The first-order chi connectivity index (χ1) is 20.4. The van der Waals surface area contributed by atoms with Crippen LogP contribution >= 0.6 is 0 Å². The molecule has 2 aromatic carbocycles. The number of nitrogens with one attached hydrogen (secondary N) is 2. The molecule has 0 aliphatic heterocycles. The molecule has 0 saturated heterocycles. The third-order valence-electron chi connectivity index (χ3n) is 7.03. The Labute approximate surface area is 248 Å². The molecule has 1 unspecified atom stereocenters. The molecule has 2 N–H and O–H groups in total. The van der Waals surface area contributed by atoms with Crippen LogP contribution in [0.5, 0.6) is 0 Å². The van der Waals surface area contributed by atoms with Gasteiger partial charge in [-0.15, -0.1) is 10.2 Å². The van der Waals surface area contributed by atoms with Crippen LogP contribution in [0.2, 0.25) is 0 Å². The zero-order chi connectivity index (χ0) is 31.3. The van der Waals surface area contributed by atoms with Gasteiger partial charge >= 0.3 is 6.09 Å². The van der Waals surface area contributed by atoms with Crippen LogP contribution in [0.1, 0.15) is 55.5 Å². The molecule has 12 heteroatoms. The second kappa shape index (κ2) is 12.8. The van der Waals surface area contributed by atoms with E-state index in [2.05, 4.69) is 30.6 Å². The van der Waals surface area contributed by atoms with Crippen molar-refractivity contribution in [2.24, 2.45) is 5.92 Å². The highest BCUT2D eigenvalue weighted by Crippen LogP contribution is 2.30. The molecule has 0 radical (unpaired) electrons. The number of anilines is 1. The Morgan fingerprint density at radius 3 is 2.23 bits per heavy atom. The molecule has 4 rings (SSSR count). The quantitative estimate of drug-likeness (QED) is 0.261. The predicted molar refractivity (Wildman–Crippen MR) is 159 cm³/mol. The van der Waals surface area contributed by atoms with E-state index in [0.717, 1.165) is 10.1 Å². The summed E-state index contributed by atoms with van der Waals surface area (Å²) in [5, 5.41) is 13.2. The van der Waals surface area contributed by atoms with Gasteiger partial charge in [0.15, 0.2) is 0 Å². The van der Waals surface area contributed by atoms with Crippen LogP contribution in [0, 0.1) is 12.8 Å². The van der Waals surface area contributed by atoms with Crippen LogP contribution in [0.3, 0.4) is 0 Å². The number of methoxy groups -OCH3 is 1. The molecule has 0 bridgehead atoms. The van der Waals surface area contributed by atoms with Crippen molar-refractivity contribution < 1.29 is 23.5 Å². The van der Waals surface area contributed by atoms with Crippen molar-refractivity contribution >= 4 is 23.5 Å². The predicted octanol–water partition coefficient (Wildman–Crippen LogP) is 4.13. The summed E-state index contributed by atoms with van der Waals surface area (Å²) in [5.74, 6) is -1.31. The minimum absolute atomic E-state index is 0.129. The summed E-state index contributed by atoms with van der Waals surface area (Å²) in [5.41, 5.74) is 0.299. The van der Waals surface area contributed by atoms with Crippen molar-refractivity contribution in [2.75, 3.05) is 12.4 Å². The summed E-state index contributed by atoms with van der Waals surface area (Å²) in [6.45, 7) is 8.43. The SMILES string of the molecule is COC(=O)Nc1c(C)nc(-c2ccccc2)n(CC(=O)NC(C(=O)c2nnc(C(C)(C)c3ccccc3)o2)C(C)C)c1=O. The first-order valence-corrected chi connectivity index (χ1v) is 13.7. The molecule has 0 aliphatic rings. The minimum Gasteiger partial charge on any atom is -0.453 e. The lowest BCUT2D eigenvalue weighted by Gasteiger charge is -2.22. The smallest absolute Gasteiger partial charge is 0.411 e. The van der Waals surface area contributed by atoms with Gasteiger partial charge in [-0.2, -0.15) is 0 Å². The van der Waals surface area contributed by atoms with Gasteiger partial charge in [-0.25, -0.2) is 9.78 Å². The van der Waals surface area contributed by atoms with Gasteiger partial charge in [0.2, 0.25) is 17.6 Å². The third kappa shape index (κ3) is 6.69. The summed E-state index contributed by atoms with van der Waals surface area (Å²) in [4.78, 5) is 56.8. The topological polar surface area (TPSA) is 158 Å². The minimum atomic E-state index is -1.03. The third-order valence-corrected chi connectivity index (χ3v) is 7.03. The van der Waals surface area contributed by atoms with E-state index in [1.807, 2.05) is 44.2 Å². The monoisotopic (exact) mass is 586 g/mol. The molecule has 0 aliphatic carbocycles. The van der Waals surface area contributed by atoms with Crippen LogP contribution in [0.25, 0.3) is 11.4 Å². The van der Waals surface area contributed by atoms with Crippen molar-refractivity contribution in [3.05, 3.63) is 94.1 Å². The van der Waals surface area contributed by atoms with Crippen LogP contribution in [-0.2, 0) is 21.5 Å². The molecule has 0 saturated carbocycles. The number of hydrogen-bond acceptors (Lipinski definition) is 9. The number of carbonyl (C=O) groups is 3. The summed E-state index contributed by atoms with van der Waals surface area (Å²) < 4.78 is 11.6. The van der Waals surface area contributed by atoms with E-state index in [4.69, 9.17) is 4.42 Å². The Kier molecular flexibility index (Phi) is 9.18. The highest BCUT2D eigenvalue weighted by molar-refractivity contribution is 5.98. The van der Waals surface area contributed by atoms with E-state index in [0.29, 0.717) is 5.56 Å². The molecular formula is C31H34N6O6. The standard InChI is InChI=1S/C31H34N6O6/c1-18(2)23(25(39)27-35-36-29(43-27)31(4,5)21-15-11-8-12-16-21)33-22(38)17-37-26(20-13-9-7-10-14-20)32-19(3)24(28(37)40)34-30(41)42-6/h7-16,18,23H,17H2,1-6H3,(H,33,38)(H,34,41). The molecule has 2 heterocycles. The molecule has 2 aromatic heterocycles. The van der Waals surface area contributed by atoms with Crippen molar-refractivity contribution in [3.63, 3.8) is 0 Å². The number of hydrogen-bond donors (Lipinski definition) is 2. The molecular weight excluding hydrogens is 552 g/mol. The summed E-state index contributed by atoms with van der Waals surface area (Å²) in [6.07, 6.45) is -0.856. The Bertz CT molecular complexity index is 1680. The maximum atomic E-state index is 13.5. The Balaban J connectivity index is 1.62. The fraction of sp³-hybridized carbons (Fsp3) is 0.323. The van der Waals surface area contributed by atoms with Gasteiger partial charge in [-0.05, 0) is 32.3 Å². The second-order valence-corrected chi connectivity index (χ2v) is 10.8. The average molecular weight is 587 g/mol. The van der Waals surface area contributed by atoms with Crippen molar-refractivity contribution in [2.45, 2.75) is 52.6 Å². The molecule has 0 fully saturated rings. The van der Waals surface area contributed by atoms with E-state index in [1.54, 1.807) is 51.1 Å². The second-order valence-electron chi connectivity index (χ2n) is 10.8. The van der Waals surface area contributed by atoms with Gasteiger partial charge in [0.25, 0.3) is 11.4 Å². The number of ether oxygens (including phenoxy) is 1. The number of aromatic nitrogens is 4. The molecule has 0 spiro atoms. The Hall–Kier alpha value is -5.13. The lowest BCUT2D eigenvalue weighted by atomic mass is 9.85. The average Bonchev–Trinajstić information content (AvgIpc) is 3.51. The lowest BCUT2D eigenvalue weighted by Crippen LogP contribution is -2.47. The fourth-order valence-corrected chi connectivity index (χ4v) is 4.50. The van der Waals surface area contributed by atoms with E-state index in [9.17, 15) is 19.2 Å². The van der Waals surface area contributed by atoms with Crippen molar-refractivity contribution in [1.29, 1.82) is 0 Å². The number of rotatable bonds is 10. The Morgan fingerprint density at radius 1 is 1.00 bits per heavy atom. The van der Waals surface area contributed by atoms with Crippen molar-refractivity contribution in [1.82, 2.24) is 25.1 Å². The number of amides is 2. The summed E-state index contributed by atoms with van der Waals surface area (Å²) in [6, 6.07) is 17.4. The van der Waals surface area contributed by atoms with Gasteiger partial charge in [0.05, 0.1) is 24.3 Å². The molecule has 43 heavy (non-hydrogen) atoms. The van der Waals surface area contributed by atoms with E-state index in [1.165, 1.54) is 7.11 Å². The van der Waals surface area contributed by atoms with Crippen LogP contribution in [0.4, 0.5) is 10.5 Å².